The Morgan fingerprint density at radius 2 is 1.61 bits per heavy atom. The topological polar surface area (TPSA) is 12.4 Å². The number of halogens is 3. The Hall–Kier alpha value is -0.320. The zero-order chi connectivity index (χ0) is 14.0. The van der Waals surface area contributed by atoms with Gasteiger partial charge in [-0.25, -0.2) is 0 Å². The van der Waals surface area contributed by atoms with Crippen molar-refractivity contribution in [1.29, 1.82) is 0 Å². The molecule has 0 aliphatic carbocycles. The minimum Gasteiger partial charge on any atom is -0.261 e. The van der Waals surface area contributed by atoms with Gasteiger partial charge in [-0.3, -0.25) is 4.36 Å². The van der Waals surface area contributed by atoms with Gasteiger partial charge in [0.05, 0.1) is 6.54 Å². The van der Waals surface area contributed by atoms with Crippen LogP contribution in [0.15, 0.2) is 16.0 Å². The van der Waals surface area contributed by atoms with E-state index in [9.17, 15) is 13.2 Å². The van der Waals surface area contributed by atoms with Gasteiger partial charge >= 0.3 is 6.18 Å². The second-order valence-electron chi connectivity index (χ2n) is 4.27. The van der Waals surface area contributed by atoms with E-state index in [1.165, 1.54) is 6.08 Å². The summed E-state index contributed by atoms with van der Waals surface area (Å²) >= 11 is 0. The highest BCUT2D eigenvalue weighted by atomic mass is 32.2. The predicted octanol–water partition coefficient (Wildman–Crippen LogP) is 4.90. The monoisotopic (exact) mass is 283 g/mol. The zero-order valence-electron chi connectivity index (χ0n) is 11.5. The largest absolute Gasteiger partial charge is 0.412 e. The van der Waals surface area contributed by atoms with Crippen LogP contribution in [-0.4, -0.2) is 24.2 Å². The zero-order valence-corrected chi connectivity index (χ0v) is 12.3. The summed E-state index contributed by atoms with van der Waals surface area (Å²) in [6.45, 7) is 5.54. The van der Waals surface area contributed by atoms with Crippen molar-refractivity contribution in [3.8, 4) is 0 Å². The maximum absolute atomic E-state index is 12.3. The molecule has 0 atom stereocenters. The van der Waals surface area contributed by atoms with Crippen molar-refractivity contribution >= 4 is 10.7 Å². The highest BCUT2D eigenvalue weighted by Gasteiger charge is 2.29. The number of alkyl halides is 3. The van der Waals surface area contributed by atoms with Gasteiger partial charge in [-0.05, 0) is 19.8 Å². The van der Waals surface area contributed by atoms with Gasteiger partial charge in [0.1, 0.15) is 0 Å². The maximum atomic E-state index is 12.3. The van der Waals surface area contributed by atoms with Crippen LogP contribution in [0.2, 0.25) is 0 Å². The smallest absolute Gasteiger partial charge is 0.261 e. The molecule has 1 nitrogen and oxygen atoms in total. The average molecular weight is 283 g/mol. The van der Waals surface area contributed by atoms with Crippen LogP contribution in [0.5, 0.6) is 0 Å². The Morgan fingerprint density at radius 1 is 1.11 bits per heavy atom. The molecule has 18 heavy (non-hydrogen) atoms. The van der Waals surface area contributed by atoms with Crippen LogP contribution in [0, 0.1) is 0 Å². The molecule has 0 N–H and O–H groups in total. The average Bonchev–Trinajstić information content (AvgIpc) is 2.30. The van der Waals surface area contributed by atoms with E-state index >= 15 is 0 Å². The fourth-order valence-electron chi connectivity index (χ4n) is 1.25. The van der Waals surface area contributed by atoms with E-state index in [1.807, 2.05) is 0 Å². The first kappa shape index (κ1) is 17.7. The molecule has 0 amide bonds. The minimum atomic E-state index is -4.21. The lowest BCUT2D eigenvalue weighted by Gasteiger charge is -2.08. The third-order valence-electron chi connectivity index (χ3n) is 2.57. The van der Waals surface area contributed by atoms with Crippen molar-refractivity contribution in [3.05, 3.63) is 11.6 Å². The summed E-state index contributed by atoms with van der Waals surface area (Å²) in [4.78, 5) is 0. The van der Waals surface area contributed by atoms with Gasteiger partial charge in [0.2, 0.25) is 0 Å². The molecule has 0 aliphatic heterocycles. The number of unbranched alkanes of at least 4 members (excludes halogenated alkanes) is 2. The lowest BCUT2D eigenvalue weighted by atomic mass is 10.3. The first-order chi connectivity index (χ1) is 8.41. The third kappa shape index (κ3) is 8.72. The molecule has 0 saturated heterocycles. The number of allylic oxidation sites excluding steroid dienone is 1. The minimum absolute atomic E-state index is 0.0544. The van der Waals surface area contributed by atoms with Gasteiger partial charge in [0, 0.05) is 17.1 Å². The van der Waals surface area contributed by atoms with E-state index in [2.05, 4.69) is 18.2 Å². The molecule has 0 aromatic carbocycles. The Kier molecular flexibility index (Phi) is 9.42. The van der Waals surface area contributed by atoms with Gasteiger partial charge in [0.25, 0.3) is 0 Å². The molecular weight excluding hydrogens is 259 g/mol. The van der Waals surface area contributed by atoms with E-state index in [-0.39, 0.29) is 17.2 Å². The van der Waals surface area contributed by atoms with Crippen molar-refractivity contribution in [2.24, 2.45) is 4.36 Å². The number of nitrogens with zero attached hydrogens (tertiary/aromatic N) is 1. The molecule has 0 aromatic heterocycles. The van der Waals surface area contributed by atoms with Crippen LogP contribution in [0.4, 0.5) is 13.2 Å². The molecular formula is C13H24F3NS. The number of hydrogen-bond acceptors (Lipinski definition) is 1. The fourth-order valence-corrected chi connectivity index (χ4v) is 3.24. The molecule has 0 bridgehead atoms. The van der Waals surface area contributed by atoms with Gasteiger partial charge in [-0.15, -0.1) is 10.7 Å². The standard InChI is InChI=1S/C13H24F3NS/c1-4-6-10-18(11-7-5-2)17-9-8-12(3)13(14,15)16/h8H,4-7,9-11H2,1-3H3. The first-order valence-corrected chi connectivity index (χ1v) is 8.02. The maximum Gasteiger partial charge on any atom is 0.412 e. The van der Waals surface area contributed by atoms with Crippen molar-refractivity contribution in [2.45, 2.75) is 52.6 Å². The molecule has 0 unspecified atom stereocenters. The molecule has 0 heterocycles. The highest BCUT2D eigenvalue weighted by molar-refractivity contribution is 7.87. The summed E-state index contributed by atoms with van der Waals surface area (Å²) in [5.41, 5.74) is -0.541. The van der Waals surface area contributed by atoms with Crippen molar-refractivity contribution in [1.82, 2.24) is 0 Å². The van der Waals surface area contributed by atoms with Crippen LogP contribution in [0.25, 0.3) is 0 Å². The molecule has 5 heteroatoms. The molecule has 0 rings (SSSR count). The summed E-state index contributed by atoms with van der Waals surface area (Å²) in [5.74, 6) is 2.05. The second kappa shape index (κ2) is 9.59. The fraction of sp³-hybridized carbons (Fsp3) is 0.846. The van der Waals surface area contributed by atoms with Gasteiger partial charge < -0.3 is 0 Å². The Morgan fingerprint density at radius 3 is 2.00 bits per heavy atom. The lowest BCUT2D eigenvalue weighted by Crippen LogP contribution is -2.09. The van der Waals surface area contributed by atoms with Crippen molar-refractivity contribution < 1.29 is 13.2 Å². The van der Waals surface area contributed by atoms with E-state index < -0.39 is 11.7 Å². The number of rotatable bonds is 8. The molecule has 108 valence electrons. The van der Waals surface area contributed by atoms with Crippen LogP contribution >= 0.6 is 0 Å². The third-order valence-corrected chi connectivity index (χ3v) is 4.60. The van der Waals surface area contributed by atoms with E-state index in [4.69, 9.17) is 0 Å². The van der Waals surface area contributed by atoms with Crippen LogP contribution in [-0.2, 0) is 10.7 Å². The molecule has 0 aliphatic rings. The summed E-state index contributed by atoms with van der Waals surface area (Å²) in [6.07, 6.45) is 1.43. The SMILES string of the molecule is CCCCS(CCCC)=NCC=C(C)C(F)(F)F. The van der Waals surface area contributed by atoms with E-state index in [0.717, 1.165) is 44.1 Å². The number of hydrogen-bond donors (Lipinski definition) is 0. The summed E-state index contributed by atoms with van der Waals surface area (Å²) in [5, 5.41) is 0. The highest BCUT2D eigenvalue weighted by Crippen LogP contribution is 2.24. The Labute approximate surface area is 111 Å². The second-order valence-corrected chi connectivity index (χ2v) is 6.27. The first-order valence-electron chi connectivity index (χ1n) is 6.50. The van der Waals surface area contributed by atoms with Gasteiger partial charge in [0.15, 0.2) is 0 Å². The molecule has 0 spiro atoms. The van der Waals surface area contributed by atoms with Crippen LogP contribution in [0.3, 0.4) is 0 Å². The molecule has 0 fully saturated rings. The van der Waals surface area contributed by atoms with E-state index in [0.29, 0.717) is 0 Å². The van der Waals surface area contributed by atoms with Gasteiger partial charge in [-0.1, -0.05) is 32.8 Å². The lowest BCUT2D eigenvalue weighted by molar-refractivity contribution is -0.0914. The van der Waals surface area contributed by atoms with Crippen molar-refractivity contribution in [2.75, 3.05) is 18.1 Å². The Balaban J connectivity index is 4.37. The Bertz CT molecular complexity index is 272. The summed E-state index contributed by atoms with van der Waals surface area (Å²) in [7, 11) is -0.0544. The normalized spacial score (nSPS) is 13.2. The predicted molar refractivity (Wildman–Crippen MR) is 74.0 cm³/mol. The van der Waals surface area contributed by atoms with Gasteiger partial charge in [-0.2, -0.15) is 13.2 Å². The van der Waals surface area contributed by atoms with E-state index in [1.54, 1.807) is 0 Å². The van der Waals surface area contributed by atoms with Crippen molar-refractivity contribution in [3.63, 3.8) is 0 Å². The molecule has 0 aromatic rings. The van der Waals surface area contributed by atoms with Crippen LogP contribution in [0.1, 0.15) is 46.5 Å². The summed E-state index contributed by atoms with van der Waals surface area (Å²) < 4.78 is 41.2. The quantitative estimate of drug-likeness (QED) is 0.562. The summed E-state index contributed by atoms with van der Waals surface area (Å²) in [6, 6.07) is 0. The van der Waals surface area contributed by atoms with Crippen LogP contribution < -0.4 is 0 Å². The molecule has 0 radical (unpaired) electrons. The molecule has 0 saturated carbocycles.